The number of methoxy groups -OCH3 is 1. The molecule has 0 aliphatic heterocycles. The summed E-state index contributed by atoms with van der Waals surface area (Å²) in [5.74, 6) is 1.31. The molecule has 1 aromatic rings. The molecule has 3 nitrogen and oxygen atoms in total. The molecule has 0 aliphatic carbocycles. The van der Waals surface area contributed by atoms with Crippen molar-refractivity contribution < 1.29 is 4.74 Å². The van der Waals surface area contributed by atoms with Gasteiger partial charge in [0.2, 0.25) is 5.88 Å². The average Bonchev–Trinajstić information content (AvgIpc) is 2.15. The first-order valence-electron chi connectivity index (χ1n) is 5.35. The predicted molar refractivity (Wildman–Crippen MR) is 66.1 cm³/mol. The number of alkyl halides is 1. The van der Waals surface area contributed by atoms with Gasteiger partial charge in [-0.2, -0.15) is 4.98 Å². The van der Waals surface area contributed by atoms with Gasteiger partial charge in [-0.05, 0) is 12.3 Å². The minimum atomic E-state index is 0.0477. The van der Waals surface area contributed by atoms with Gasteiger partial charge in [-0.1, -0.05) is 20.8 Å². The first kappa shape index (κ1) is 13.2. The zero-order valence-electron chi connectivity index (χ0n) is 10.5. The van der Waals surface area contributed by atoms with Gasteiger partial charge >= 0.3 is 0 Å². The SMILES string of the molecule is COc1cc(CC(Cl)C(C)(C)C)nc(C)n1. The molecule has 1 atom stereocenters. The van der Waals surface area contributed by atoms with Crippen LogP contribution in [0.1, 0.15) is 32.3 Å². The molecule has 0 fully saturated rings. The number of ether oxygens (including phenoxy) is 1. The number of aromatic nitrogens is 2. The number of rotatable bonds is 3. The van der Waals surface area contributed by atoms with Crippen molar-refractivity contribution in [2.45, 2.75) is 39.5 Å². The van der Waals surface area contributed by atoms with Crippen molar-refractivity contribution in [3.05, 3.63) is 17.6 Å². The van der Waals surface area contributed by atoms with Crippen LogP contribution < -0.4 is 4.74 Å². The Morgan fingerprint density at radius 3 is 2.50 bits per heavy atom. The monoisotopic (exact) mass is 242 g/mol. The smallest absolute Gasteiger partial charge is 0.216 e. The van der Waals surface area contributed by atoms with Gasteiger partial charge in [0.1, 0.15) is 5.82 Å². The fraction of sp³-hybridized carbons (Fsp3) is 0.667. The normalized spacial score (nSPS) is 13.6. The molecule has 1 heterocycles. The van der Waals surface area contributed by atoms with Crippen molar-refractivity contribution in [1.82, 2.24) is 9.97 Å². The highest BCUT2D eigenvalue weighted by Gasteiger charge is 2.23. The Labute approximate surface area is 102 Å². The molecule has 0 N–H and O–H groups in total. The predicted octanol–water partition coefficient (Wildman–Crippen LogP) is 2.99. The molecule has 0 saturated heterocycles. The Kier molecular flexibility index (Phi) is 4.14. The van der Waals surface area contributed by atoms with Crippen LogP contribution in [-0.2, 0) is 6.42 Å². The molecule has 0 aromatic carbocycles. The van der Waals surface area contributed by atoms with Crippen LogP contribution in [0.25, 0.3) is 0 Å². The maximum atomic E-state index is 6.34. The summed E-state index contributed by atoms with van der Waals surface area (Å²) < 4.78 is 5.11. The van der Waals surface area contributed by atoms with E-state index in [0.29, 0.717) is 11.7 Å². The fourth-order valence-electron chi connectivity index (χ4n) is 1.30. The van der Waals surface area contributed by atoms with Gasteiger partial charge in [0.05, 0.1) is 7.11 Å². The standard InChI is InChI=1S/C12H19ClN2O/c1-8-14-9(7-11(15-8)16-5)6-10(13)12(2,3)4/h7,10H,6H2,1-5H3. The van der Waals surface area contributed by atoms with E-state index < -0.39 is 0 Å². The third-order valence-corrected chi connectivity index (χ3v) is 3.21. The molecule has 0 radical (unpaired) electrons. The summed E-state index contributed by atoms with van der Waals surface area (Å²) in [5, 5.41) is 0.0477. The van der Waals surface area contributed by atoms with E-state index in [-0.39, 0.29) is 10.8 Å². The summed E-state index contributed by atoms with van der Waals surface area (Å²) in [6.45, 7) is 8.22. The highest BCUT2D eigenvalue weighted by atomic mass is 35.5. The van der Waals surface area contributed by atoms with Crippen molar-refractivity contribution in [3.8, 4) is 5.88 Å². The van der Waals surface area contributed by atoms with Gasteiger partial charge < -0.3 is 4.74 Å². The van der Waals surface area contributed by atoms with Crippen LogP contribution in [0.2, 0.25) is 0 Å². The highest BCUT2D eigenvalue weighted by molar-refractivity contribution is 6.21. The second-order valence-corrected chi connectivity index (χ2v) is 5.51. The molecule has 0 amide bonds. The van der Waals surface area contributed by atoms with E-state index in [4.69, 9.17) is 16.3 Å². The Morgan fingerprint density at radius 1 is 1.38 bits per heavy atom. The van der Waals surface area contributed by atoms with Crippen LogP contribution >= 0.6 is 11.6 Å². The van der Waals surface area contributed by atoms with Crippen molar-refractivity contribution in [2.24, 2.45) is 5.41 Å². The Bertz CT molecular complexity index is 361. The molecule has 1 unspecified atom stereocenters. The Hall–Kier alpha value is -0.830. The van der Waals surface area contributed by atoms with Gasteiger partial charge in [0, 0.05) is 23.6 Å². The van der Waals surface area contributed by atoms with Crippen LogP contribution in [-0.4, -0.2) is 22.5 Å². The first-order chi connectivity index (χ1) is 7.32. The molecule has 1 rings (SSSR count). The van der Waals surface area contributed by atoms with Crippen molar-refractivity contribution in [1.29, 1.82) is 0 Å². The summed E-state index contributed by atoms with van der Waals surface area (Å²) in [4.78, 5) is 8.51. The van der Waals surface area contributed by atoms with Gasteiger partial charge in [-0.3, -0.25) is 0 Å². The van der Waals surface area contributed by atoms with Crippen molar-refractivity contribution in [3.63, 3.8) is 0 Å². The second-order valence-electron chi connectivity index (χ2n) is 4.99. The molecule has 0 saturated carbocycles. The highest BCUT2D eigenvalue weighted by Crippen LogP contribution is 2.27. The number of halogens is 1. The minimum absolute atomic E-state index is 0.0477. The lowest BCUT2D eigenvalue weighted by molar-refractivity contribution is 0.379. The van der Waals surface area contributed by atoms with Crippen LogP contribution in [0, 0.1) is 12.3 Å². The Morgan fingerprint density at radius 2 is 2.00 bits per heavy atom. The van der Waals surface area contributed by atoms with Gasteiger partial charge in [-0.25, -0.2) is 4.98 Å². The van der Waals surface area contributed by atoms with Gasteiger partial charge in [0.15, 0.2) is 0 Å². The van der Waals surface area contributed by atoms with Crippen molar-refractivity contribution >= 4 is 11.6 Å². The zero-order valence-corrected chi connectivity index (χ0v) is 11.3. The minimum Gasteiger partial charge on any atom is -0.481 e. The van der Waals surface area contributed by atoms with E-state index in [1.165, 1.54) is 0 Å². The molecular formula is C12H19ClN2O. The van der Waals surface area contributed by atoms with Gasteiger partial charge in [0.25, 0.3) is 0 Å². The largest absolute Gasteiger partial charge is 0.481 e. The van der Waals surface area contributed by atoms with Crippen molar-refractivity contribution in [2.75, 3.05) is 7.11 Å². The summed E-state index contributed by atoms with van der Waals surface area (Å²) in [6.07, 6.45) is 0.727. The van der Waals surface area contributed by atoms with Crippen LogP contribution in [0.5, 0.6) is 5.88 Å². The maximum Gasteiger partial charge on any atom is 0.216 e. The van der Waals surface area contributed by atoms with Crippen LogP contribution in [0.4, 0.5) is 0 Å². The molecule has 0 spiro atoms. The molecule has 1 aromatic heterocycles. The maximum absolute atomic E-state index is 6.34. The van der Waals surface area contributed by atoms with E-state index >= 15 is 0 Å². The number of hydrogen-bond acceptors (Lipinski definition) is 3. The molecule has 0 bridgehead atoms. The van der Waals surface area contributed by atoms with E-state index in [0.717, 1.165) is 12.1 Å². The molecular weight excluding hydrogens is 224 g/mol. The summed E-state index contributed by atoms with van der Waals surface area (Å²) in [7, 11) is 1.60. The summed E-state index contributed by atoms with van der Waals surface area (Å²) >= 11 is 6.34. The average molecular weight is 243 g/mol. The lowest BCUT2D eigenvalue weighted by atomic mass is 9.89. The van der Waals surface area contributed by atoms with E-state index in [9.17, 15) is 0 Å². The van der Waals surface area contributed by atoms with E-state index in [1.807, 2.05) is 13.0 Å². The topological polar surface area (TPSA) is 35.0 Å². The molecule has 4 heteroatoms. The quantitative estimate of drug-likeness (QED) is 0.765. The summed E-state index contributed by atoms with van der Waals surface area (Å²) in [6, 6.07) is 1.84. The third kappa shape index (κ3) is 3.63. The summed E-state index contributed by atoms with van der Waals surface area (Å²) in [5.41, 5.74) is 0.993. The molecule has 90 valence electrons. The number of hydrogen-bond donors (Lipinski definition) is 0. The third-order valence-electron chi connectivity index (χ3n) is 2.40. The number of nitrogens with zero attached hydrogens (tertiary/aromatic N) is 2. The zero-order chi connectivity index (χ0) is 12.3. The lowest BCUT2D eigenvalue weighted by Gasteiger charge is -2.24. The lowest BCUT2D eigenvalue weighted by Crippen LogP contribution is -2.23. The van der Waals surface area contributed by atoms with Crippen LogP contribution in [0.15, 0.2) is 6.07 Å². The first-order valence-corrected chi connectivity index (χ1v) is 5.79. The van der Waals surface area contributed by atoms with Crippen LogP contribution in [0.3, 0.4) is 0 Å². The van der Waals surface area contributed by atoms with Gasteiger partial charge in [-0.15, -0.1) is 11.6 Å². The van der Waals surface area contributed by atoms with E-state index in [1.54, 1.807) is 7.11 Å². The number of aryl methyl sites for hydroxylation is 1. The van der Waals surface area contributed by atoms with E-state index in [2.05, 4.69) is 30.7 Å². The Balaban J connectivity index is 2.85. The molecule has 16 heavy (non-hydrogen) atoms. The second kappa shape index (κ2) is 5.00. The fourth-order valence-corrected chi connectivity index (χ4v) is 1.46. The molecule has 0 aliphatic rings.